The van der Waals surface area contributed by atoms with E-state index in [1.54, 1.807) is 0 Å². The number of carbonyl (C=O) groups excluding carboxylic acids is 2. The number of ether oxygens (including phenoxy) is 1. The van der Waals surface area contributed by atoms with E-state index in [0.29, 0.717) is 51.0 Å². The van der Waals surface area contributed by atoms with E-state index < -0.39 is 44.0 Å². The lowest BCUT2D eigenvalue weighted by Crippen LogP contribution is -2.55. The number of nitrogens with one attached hydrogen (secondary N) is 2. The zero-order valence-electron chi connectivity index (χ0n) is 22.0. The van der Waals surface area contributed by atoms with Crippen LogP contribution >= 0.6 is 11.6 Å². The first-order valence-electron chi connectivity index (χ1n) is 13.5. The number of benzene rings is 2. The molecular weight excluding hydrogens is 585 g/mol. The van der Waals surface area contributed by atoms with Crippen LogP contribution in [0.25, 0.3) is 0 Å². The van der Waals surface area contributed by atoms with Gasteiger partial charge in [-0.05, 0) is 68.6 Å². The van der Waals surface area contributed by atoms with Crippen molar-refractivity contribution in [3.05, 3.63) is 58.4 Å². The van der Waals surface area contributed by atoms with Crippen LogP contribution in [0.3, 0.4) is 0 Å². The van der Waals surface area contributed by atoms with Crippen molar-refractivity contribution in [2.24, 2.45) is 17.8 Å². The van der Waals surface area contributed by atoms with E-state index in [2.05, 4.69) is 10.6 Å². The van der Waals surface area contributed by atoms with Gasteiger partial charge in [-0.25, -0.2) is 21.6 Å². The van der Waals surface area contributed by atoms with E-state index in [1.165, 1.54) is 12.1 Å². The van der Waals surface area contributed by atoms with Gasteiger partial charge < -0.3 is 20.5 Å². The van der Waals surface area contributed by atoms with Crippen molar-refractivity contribution in [3.63, 3.8) is 0 Å². The first-order valence-corrected chi connectivity index (χ1v) is 15.4. The Morgan fingerprint density at radius 1 is 1.00 bits per heavy atom. The number of aliphatic hydroxyl groups is 1. The van der Waals surface area contributed by atoms with Gasteiger partial charge >= 0.3 is 0 Å². The summed E-state index contributed by atoms with van der Waals surface area (Å²) in [4.78, 5) is 25.1. The molecule has 0 spiro atoms. The Hall–Kier alpha value is -2.67. The van der Waals surface area contributed by atoms with Crippen LogP contribution in [0.15, 0.2) is 35.2 Å². The highest BCUT2D eigenvalue weighted by atomic mass is 35.5. The molecule has 5 rings (SSSR count). The van der Waals surface area contributed by atoms with E-state index >= 15 is 0 Å². The molecule has 222 valence electrons. The summed E-state index contributed by atoms with van der Waals surface area (Å²) < 4.78 is 73.2. The topological polar surface area (TPSA) is 122 Å². The smallest absolute Gasteiger partial charge is 0.255 e. The highest BCUT2D eigenvalue weighted by Gasteiger charge is 2.55. The molecule has 1 unspecified atom stereocenters. The number of halogens is 4. The molecule has 2 aromatic carbocycles. The minimum atomic E-state index is -4.06. The fourth-order valence-corrected chi connectivity index (χ4v) is 8.76. The highest BCUT2D eigenvalue weighted by molar-refractivity contribution is 7.92. The molecule has 8 nitrogen and oxygen atoms in total. The summed E-state index contributed by atoms with van der Waals surface area (Å²) in [5.41, 5.74) is -1.71. The zero-order valence-corrected chi connectivity index (χ0v) is 23.5. The molecule has 41 heavy (non-hydrogen) atoms. The third-order valence-electron chi connectivity index (χ3n) is 8.69. The second kappa shape index (κ2) is 11.5. The molecule has 2 amide bonds. The van der Waals surface area contributed by atoms with Crippen molar-refractivity contribution in [2.75, 3.05) is 25.1 Å². The largest absolute Gasteiger partial charge is 0.387 e. The van der Waals surface area contributed by atoms with E-state index in [1.807, 2.05) is 0 Å². The Balaban J connectivity index is 1.30. The maximum absolute atomic E-state index is 13.8. The molecule has 1 heterocycles. The van der Waals surface area contributed by atoms with Gasteiger partial charge in [-0.3, -0.25) is 9.59 Å². The molecule has 0 aromatic heterocycles. The van der Waals surface area contributed by atoms with Crippen molar-refractivity contribution in [1.29, 1.82) is 0 Å². The molecule has 1 aliphatic heterocycles. The summed E-state index contributed by atoms with van der Waals surface area (Å²) in [6.07, 6.45) is 2.77. The zero-order chi connectivity index (χ0) is 29.5. The molecule has 13 heteroatoms. The van der Waals surface area contributed by atoms with Gasteiger partial charge in [-0.1, -0.05) is 11.6 Å². The summed E-state index contributed by atoms with van der Waals surface area (Å²) in [5, 5.41) is 15.7. The molecule has 3 fully saturated rings. The normalized spacial score (nSPS) is 26.5. The first kappa shape index (κ1) is 29.8. The number of hydrogen-bond acceptors (Lipinski definition) is 6. The van der Waals surface area contributed by atoms with Crippen LogP contribution in [0.1, 0.15) is 48.9 Å². The van der Waals surface area contributed by atoms with E-state index in [9.17, 15) is 36.3 Å². The molecule has 2 bridgehead atoms. The van der Waals surface area contributed by atoms with Crippen LogP contribution in [-0.4, -0.2) is 55.9 Å². The van der Waals surface area contributed by atoms with Gasteiger partial charge in [0.15, 0.2) is 27.3 Å². The summed E-state index contributed by atoms with van der Waals surface area (Å²) in [7, 11) is -4.06. The number of sulfone groups is 1. The maximum Gasteiger partial charge on any atom is 0.255 e. The lowest BCUT2D eigenvalue weighted by molar-refractivity contribution is -0.130. The molecule has 1 saturated heterocycles. The Bertz CT molecular complexity index is 1430. The highest BCUT2D eigenvalue weighted by Crippen LogP contribution is 2.52. The fourth-order valence-electron chi connectivity index (χ4n) is 6.36. The van der Waals surface area contributed by atoms with Gasteiger partial charge in [0.2, 0.25) is 5.91 Å². The fraction of sp³-hybridized carbons (Fsp3) is 0.500. The van der Waals surface area contributed by atoms with Crippen LogP contribution in [0.5, 0.6) is 0 Å². The number of amides is 2. The Morgan fingerprint density at radius 2 is 1.61 bits per heavy atom. The van der Waals surface area contributed by atoms with Crippen LogP contribution in [0.2, 0.25) is 5.02 Å². The maximum atomic E-state index is 13.8. The van der Waals surface area contributed by atoms with Gasteiger partial charge in [0.05, 0.1) is 20.8 Å². The van der Waals surface area contributed by atoms with Crippen molar-refractivity contribution >= 4 is 38.9 Å². The molecule has 4 atom stereocenters. The second-order valence-electron chi connectivity index (χ2n) is 11.1. The van der Waals surface area contributed by atoms with Crippen molar-refractivity contribution in [1.82, 2.24) is 5.32 Å². The Labute approximate surface area is 240 Å². The van der Waals surface area contributed by atoms with Gasteiger partial charge in [0, 0.05) is 49.1 Å². The lowest BCUT2D eigenvalue weighted by atomic mass is 9.74. The van der Waals surface area contributed by atoms with E-state index in [-0.39, 0.29) is 64.2 Å². The first-order chi connectivity index (χ1) is 19.4. The van der Waals surface area contributed by atoms with Crippen LogP contribution in [-0.2, 0) is 19.4 Å². The third-order valence-corrected chi connectivity index (χ3v) is 11.3. The SMILES string of the molecule is O=C(Nc1cc(F)c(F)c(F)c1)c1ccc(Cl)c(S(=O)(=O)[C@@H]2CC3CC[C@@H](C2)[C@@]3(O)CNC(=O)C2CCOCC2)c1. The molecule has 2 aromatic rings. The minimum Gasteiger partial charge on any atom is -0.387 e. The minimum absolute atomic E-state index is 0.0479. The summed E-state index contributed by atoms with van der Waals surface area (Å²) in [6.45, 7) is 1.08. The van der Waals surface area contributed by atoms with Crippen LogP contribution in [0, 0.1) is 35.2 Å². The van der Waals surface area contributed by atoms with Crippen LogP contribution < -0.4 is 10.6 Å². The van der Waals surface area contributed by atoms with Crippen molar-refractivity contribution in [2.45, 2.75) is 54.3 Å². The molecular formula is C28H30ClF3N2O6S. The van der Waals surface area contributed by atoms with Crippen LogP contribution in [0.4, 0.5) is 18.9 Å². The molecule has 0 radical (unpaired) electrons. The number of anilines is 1. The van der Waals surface area contributed by atoms with Crippen molar-refractivity contribution in [3.8, 4) is 0 Å². The Kier molecular flexibility index (Phi) is 8.39. The lowest BCUT2D eigenvalue weighted by Gasteiger charge is -2.42. The second-order valence-corrected chi connectivity index (χ2v) is 13.7. The number of hydrogen-bond donors (Lipinski definition) is 3. The Morgan fingerprint density at radius 3 is 2.22 bits per heavy atom. The summed E-state index contributed by atoms with van der Waals surface area (Å²) >= 11 is 6.27. The average Bonchev–Trinajstić information content (AvgIpc) is 3.10. The quantitative estimate of drug-likeness (QED) is 0.401. The van der Waals surface area contributed by atoms with Gasteiger partial charge in [0.1, 0.15) is 0 Å². The monoisotopic (exact) mass is 614 g/mol. The molecule has 3 N–H and O–H groups in total. The molecule has 3 aliphatic rings. The average molecular weight is 615 g/mol. The summed E-state index contributed by atoms with van der Waals surface area (Å²) in [6, 6.07) is 4.82. The standard InChI is InChI=1S/C28H30ClF3N2O6S/c29-21-4-1-16(27(36)34-19-12-22(30)25(32)23(31)13-19)9-24(21)41(38,39)20-10-17-2-3-18(11-20)28(17,37)14-33-26(35)15-5-7-40-8-6-15/h1,4,9,12-13,15,17-18,20,37H,2-3,5-8,10-11,14H2,(H,33,35)(H,34,36)/t17-,18?,20-,28-/m0/s1. The van der Waals surface area contributed by atoms with E-state index in [0.717, 1.165) is 6.07 Å². The predicted molar refractivity (Wildman–Crippen MR) is 144 cm³/mol. The molecule has 2 aliphatic carbocycles. The number of carbonyl (C=O) groups is 2. The van der Waals surface area contributed by atoms with Gasteiger partial charge in [0.25, 0.3) is 5.91 Å². The number of rotatable bonds is 7. The van der Waals surface area contributed by atoms with Gasteiger partial charge in [-0.15, -0.1) is 0 Å². The molecule has 2 saturated carbocycles. The van der Waals surface area contributed by atoms with Crippen molar-refractivity contribution < 1.29 is 41.0 Å². The van der Waals surface area contributed by atoms with Gasteiger partial charge in [-0.2, -0.15) is 0 Å². The van der Waals surface area contributed by atoms with E-state index in [4.69, 9.17) is 16.3 Å². The summed E-state index contributed by atoms with van der Waals surface area (Å²) in [5.74, 6) is -6.56. The predicted octanol–water partition coefficient (Wildman–Crippen LogP) is 4.25. The number of fused-ring (bicyclic) bond motifs is 2. The third kappa shape index (κ3) is 5.84.